The zero-order valence-corrected chi connectivity index (χ0v) is 34.0. The van der Waals surface area contributed by atoms with Crippen molar-refractivity contribution in [1.29, 1.82) is 5.26 Å². The zero-order valence-electron chi connectivity index (χ0n) is 34.0. The molecule has 0 heterocycles. The average Bonchev–Trinajstić information content (AvgIpc) is 3.82. The van der Waals surface area contributed by atoms with E-state index in [1.807, 2.05) is 0 Å². The highest BCUT2D eigenvalue weighted by molar-refractivity contribution is 5.91. The van der Waals surface area contributed by atoms with Crippen molar-refractivity contribution >= 4 is 5.57 Å². The number of nitrogens with zero attached hydrogens (tertiary/aromatic N) is 2. The van der Waals surface area contributed by atoms with E-state index >= 15 is 0 Å². The summed E-state index contributed by atoms with van der Waals surface area (Å²) < 4.78 is 0. The summed E-state index contributed by atoms with van der Waals surface area (Å²) in [5, 5.41) is 10.4. The van der Waals surface area contributed by atoms with Gasteiger partial charge in [0.1, 0.15) is 0 Å². The van der Waals surface area contributed by atoms with Gasteiger partial charge in [-0.1, -0.05) is 95.1 Å². The molecule has 18 aliphatic rings. The monoisotopic (exact) mass is 774 g/mol. The Morgan fingerprint density at radius 2 is 0.983 bits per heavy atom. The Kier molecular flexibility index (Phi) is 4.52. The standard InChI is InChI=1S/C58H50N2/c1-60-31(18-59)32-19-6-2-4-8-21(19)33(22-9-5-3-7-20(22)32)44-50-42-29-16-14-27-25-12-10-23-24-11-13-26-28-15-17-30-41-39(28)47-37(26)35(24)45-34(23)36(25)46-38(27)40(29)48-52(42)53(43(30)51(44)50)49(41)58-56(47)54(45)55(46)57(48)58/h2-10,12,14,16,23-30,33-41,43-45,47-51,53-54,56-58H,11,13,15,17H2. The Bertz CT molecular complexity index is 2790. The fourth-order valence-electron chi connectivity index (χ4n) is 26.3. The Morgan fingerprint density at radius 1 is 0.467 bits per heavy atom. The third-order valence-electron chi connectivity index (χ3n) is 25.6. The first kappa shape index (κ1) is 30.2. The van der Waals surface area contributed by atoms with Crippen molar-refractivity contribution in [1.82, 2.24) is 0 Å². The fourth-order valence-corrected chi connectivity index (χ4v) is 26.3. The molecule has 29 atom stereocenters. The van der Waals surface area contributed by atoms with E-state index in [1.165, 1.54) is 22.3 Å². The lowest BCUT2D eigenvalue weighted by Crippen LogP contribution is -2.57. The van der Waals surface area contributed by atoms with Gasteiger partial charge < -0.3 is 0 Å². The number of allylic oxidation sites excluding steroid dienone is 9. The maximum atomic E-state index is 10.4. The molecule has 292 valence electrons. The quantitative estimate of drug-likeness (QED) is 0.161. The number of hydrogen-bond acceptors (Lipinski definition) is 1. The van der Waals surface area contributed by atoms with E-state index in [9.17, 15) is 5.26 Å². The molecule has 0 amide bonds. The van der Waals surface area contributed by atoms with Gasteiger partial charge in [-0.3, -0.25) is 0 Å². The molecule has 0 spiro atoms. The van der Waals surface area contributed by atoms with Crippen molar-refractivity contribution in [2.75, 3.05) is 0 Å². The molecule has 18 aliphatic carbocycles. The second kappa shape index (κ2) is 8.98. The molecule has 20 rings (SSSR count). The number of rotatable bonds is 1. The number of benzene rings is 2. The lowest BCUT2D eigenvalue weighted by molar-refractivity contribution is -0.127. The van der Waals surface area contributed by atoms with Gasteiger partial charge in [0.05, 0.1) is 12.6 Å². The van der Waals surface area contributed by atoms with Crippen molar-refractivity contribution in [2.24, 2.45) is 172 Å². The SMILES string of the molecule is [C-]#[N+]C(C#N)=C1c2ccccc2C(C2C3C4=C5C6C7C8=C9C%10C(C=CC4C%106)C4C=CC6C%10CCC%11C%12CCC%13C(C5C5C%13C%12C%12C%11C%10C(C8C%12C75)C6C94)C32)c2ccccc21. The van der Waals surface area contributed by atoms with Crippen molar-refractivity contribution in [3.05, 3.63) is 134 Å². The molecule has 0 radical (unpaired) electrons. The Morgan fingerprint density at radius 3 is 1.75 bits per heavy atom. The predicted octanol–water partition coefficient (Wildman–Crippen LogP) is 10.7. The molecule has 2 aromatic rings. The number of hydrogen-bond donors (Lipinski definition) is 0. The first-order valence-electron chi connectivity index (χ1n) is 25.3. The molecule has 0 saturated heterocycles. The van der Waals surface area contributed by atoms with Gasteiger partial charge >= 0.3 is 0 Å². The van der Waals surface area contributed by atoms with Crippen LogP contribution in [0.2, 0.25) is 0 Å². The van der Waals surface area contributed by atoms with Crippen molar-refractivity contribution in [3.8, 4) is 6.07 Å². The summed E-state index contributed by atoms with van der Waals surface area (Å²) in [6, 6.07) is 20.6. The molecule has 0 aliphatic heterocycles. The molecule has 0 N–H and O–H groups in total. The third-order valence-corrected chi connectivity index (χ3v) is 25.6. The van der Waals surface area contributed by atoms with Crippen molar-refractivity contribution < 1.29 is 0 Å². The highest BCUT2D eigenvalue weighted by Crippen LogP contribution is 2.92. The lowest BCUT2D eigenvalue weighted by atomic mass is 9.44. The maximum absolute atomic E-state index is 10.4. The van der Waals surface area contributed by atoms with Crippen LogP contribution in [0.3, 0.4) is 0 Å². The van der Waals surface area contributed by atoms with E-state index in [0.717, 1.165) is 159 Å². The van der Waals surface area contributed by atoms with Crippen LogP contribution >= 0.6 is 0 Å². The van der Waals surface area contributed by atoms with Gasteiger partial charge in [0.15, 0.2) is 0 Å². The third kappa shape index (κ3) is 2.56. The molecule has 29 unspecified atom stereocenters. The molecule has 60 heavy (non-hydrogen) atoms. The van der Waals surface area contributed by atoms with Crippen LogP contribution in [-0.2, 0) is 0 Å². The maximum Gasteiger partial charge on any atom is 0.270 e. The van der Waals surface area contributed by atoms with Gasteiger partial charge in [0.2, 0.25) is 0 Å². The van der Waals surface area contributed by atoms with Gasteiger partial charge in [-0.2, -0.15) is 0 Å². The van der Waals surface area contributed by atoms with Crippen LogP contribution in [0, 0.1) is 190 Å². The first-order chi connectivity index (χ1) is 29.8. The Hall–Kier alpha value is -3.88. The first-order valence-corrected chi connectivity index (χ1v) is 25.3. The molecular formula is C58H50N2. The summed E-state index contributed by atoms with van der Waals surface area (Å²) >= 11 is 0. The lowest BCUT2D eigenvalue weighted by Gasteiger charge is -2.60. The number of nitriles is 1. The topological polar surface area (TPSA) is 28.1 Å². The van der Waals surface area contributed by atoms with Gasteiger partial charge in [0.25, 0.3) is 5.70 Å². The Balaban J connectivity index is 0.872. The largest absolute Gasteiger partial charge is 0.270 e. The Labute approximate surface area is 353 Å². The summed E-state index contributed by atoms with van der Waals surface area (Å²) in [5.41, 5.74) is 15.0. The van der Waals surface area contributed by atoms with Crippen LogP contribution in [0.1, 0.15) is 53.9 Å². The normalized spacial score (nSPS) is 62.4. The smallest absolute Gasteiger partial charge is 0.226 e. The van der Waals surface area contributed by atoms with Gasteiger partial charge in [-0.05, 0) is 214 Å². The van der Waals surface area contributed by atoms with E-state index in [1.54, 1.807) is 25.7 Å². The van der Waals surface area contributed by atoms with Gasteiger partial charge in [0, 0.05) is 17.4 Å². The second-order valence-corrected chi connectivity index (χ2v) is 25.0. The summed E-state index contributed by atoms with van der Waals surface area (Å²) in [7, 11) is 0. The van der Waals surface area contributed by atoms with Gasteiger partial charge in [-0.15, -0.1) is 0 Å². The molecule has 2 heteroatoms. The van der Waals surface area contributed by atoms with Crippen LogP contribution in [0.5, 0.6) is 0 Å². The highest BCUT2D eigenvalue weighted by atomic mass is 14.9. The minimum absolute atomic E-state index is 0.260. The molecule has 11 fully saturated rings. The summed E-state index contributed by atoms with van der Waals surface area (Å²) in [5.74, 6) is 27.1. The van der Waals surface area contributed by atoms with Crippen LogP contribution < -0.4 is 0 Å². The summed E-state index contributed by atoms with van der Waals surface area (Å²) in [4.78, 5) is 3.88. The van der Waals surface area contributed by atoms with Crippen LogP contribution in [0.15, 0.2) is 101 Å². The van der Waals surface area contributed by atoms with E-state index in [2.05, 4.69) is 106 Å². The predicted molar refractivity (Wildman–Crippen MR) is 225 cm³/mol. The van der Waals surface area contributed by atoms with Crippen LogP contribution in [-0.4, -0.2) is 0 Å². The molecule has 2 aromatic carbocycles. The van der Waals surface area contributed by atoms with Crippen molar-refractivity contribution in [2.45, 2.75) is 31.6 Å². The number of fused-ring (bicyclic) bond motifs is 10. The molecular weight excluding hydrogens is 725 g/mol. The minimum Gasteiger partial charge on any atom is -0.226 e. The summed E-state index contributed by atoms with van der Waals surface area (Å²) in [6.45, 7) is 8.14. The molecule has 11 saturated carbocycles. The van der Waals surface area contributed by atoms with E-state index in [4.69, 9.17) is 6.57 Å². The molecule has 0 bridgehead atoms. The molecule has 2 nitrogen and oxygen atoms in total. The summed E-state index contributed by atoms with van der Waals surface area (Å²) in [6.07, 6.45) is 18.0. The van der Waals surface area contributed by atoms with E-state index < -0.39 is 0 Å². The van der Waals surface area contributed by atoms with Crippen molar-refractivity contribution in [3.63, 3.8) is 0 Å². The van der Waals surface area contributed by atoms with Gasteiger partial charge in [-0.25, -0.2) is 10.1 Å². The fraction of sp³-hybridized carbons (Fsp3) is 0.586. The molecule has 0 aromatic heterocycles. The van der Waals surface area contributed by atoms with E-state index in [0.29, 0.717) is 23.7 Å². The van der Waals surface area contributed by atoms with E-state index in [-0.39, 0.29) is 5.70 Å². The zero-order chi connectivity index (χ0) is 37.8. The average molecular weight is 775 g/mol. The second-order valence-electron chi connectivity index (χ2n) is 25.0. The van der Waals surface area contributed by atoms with Crippen LogP contribution in [0.4, 0.5) is 0 Å². The highest BCUT2D eigenvalue weighted by Gasteiger charge is 2.87. The van der Waals surface area contributed by atoms with Crippen LogP contribution in [0.25, 0.3) is 10.4 Å². The minimum atomic E-state index is 0.260.